The van der Waals surface area contributed by atoms with Crippen LogP contribution in [0.1, 0.15) is 37.8 Å². The first kappa shape index (κ1) is 12.2. The molecule has 0 aliphatic heterocycles. The normalized spacial score (nSPS) is 37.4. The average Bonchev–Trinajstić information content (AvgIpc) is 3.23. The van der Waals surface area contributed by atoms with Crippen LogP contribution >= 0.6 is 0 Å². The Morgan fingerprint density at radius 2 is 2.10 bits per heavy atom. The summed E-state index contributed by atoms with van der Waals surface area (Å²) in [4.78, 5) is 4.70. The van der Waals surface area contributed by atoms with Gasteiger partial charge in [-0.3, -0.25) is 0 Å². The fourth-order valence-electron chi connectivity index (χ4n) is 5.61. The van der Waals surface area contributed by atoms with Crippen LogP contribution in [-0.2, 0) is 6.54 Å². The van der Waals surface area contributed by atoms with Gasteiger partial charge in [0, 0.05) is 25.0 Å². The van der Waals surface area contributed by atoms with Crippen LogP contribution in [0.15, 0.2) is 30.6 Å². The van der Waals surface area contributed by atoms with Crippen molar-refractivity contribution in [2.45, 2.75) is 44.7 Å². The van der Waals surface area contributed by atoms with E-state index in [4.69, 9.17) is 4.98 Å². The van der Waals surface area contributed by atoms with E-state index in [1.165, 1.54) is 37.8 Å². The molecule has 0 amide bonds. The highest BCUT2D eigenvalue weighted by Gasteiger charge is 2.53. The second-order valence-corrected chi connectivity index (χ2v) is 7.34. The summed E-state index contributed by atoms with van der Waals surface area (Å²) in [6.45, 7) is 0.924. The summed E-state index contributed by atoms with van der Waals surface area (Å²) in [5.74, 6) is 4.12. The minimum absolute atomic E-state index is 0.749. The molecular weight excluding hydrogens is 258 g/mol. The van der Waals surface area contributed by atoms with Crippen molar-refractivity contribution in [1.82, 2.24) is 14.7 Å². The maximum absolute atomic E-state index is 4.70. The van der Waals surface area contributed by atoms with Crippen LogP contribution in [0.5, 0.6) is 0 Å². The second-order valence-electron chi connectivity index (χ2n) is 7.34. The lowest BCUT2D eigenvalue weighted by atomic mass is 9.79. The summed E-state index contributed by atoms with van der Waals surface area (Å²) in [6.07, 6.45) is 11.7. The standard InChI is InChI=1S/C18H23N3/c1-2-7-21-11-13(20-18(21)6-1)10-19-17-9-12-8-16(17)15-5-3-4-14(12)15/h1-2,6-7,11-12,14-17,19H,3-5,8-10H2. The molecule has 110 valence electrons. The Kier molecular flexibility index (Phi) is 2.66. The minimum Gasteiger partial charge on any atom is -0.308 e. The van der Waals surface area contributed by atoms with Crippen LogP contribution in [0.2, 0.25) is 0 Å². The van der Waals surface area contributed by atoms with E-state index < -0.39 is 0 Å². The smallest absolute Gasteiger partial charge is 0.137 e. The van der Waals surface area contributed by atoms with Gasteiger partial charge < -0.3 is 9.72 Å². The summed E-state index contributed by atoms with van der Waals surface area (Å²) in [7, 11) is 0. The highest BCUT2D eigenvalue weighted by molar-refractivity contribution is 5.39. The van der Waals surface area contributed by atoms with E-state index >= 15 is 0 Å². The van der Waals surface area contributed by atoms with E-state index in [0.717, 1.165) is 41.9 Å². The van der Waals surface area contributed by atoms with Crippen LogP contribution in [0.4, 0.5) is 0 Å². The average molecular weight is 281 g/mol. The fourth-order valence-corrected chi connectivity index (χ4v) is 5.61. The molecule has 2 aromatic rings. The molecule has 2 bridgehead atoms. The molecule has 2 aromatic heterocycles. The summed E-state index contributed by atoms with van der Waals surface area (Å²) in [5, 5.41) is 3.83. The molecule has 3 aliphatic carbocycles. The fraction of sp³-hybridized carbons (Fsp3) is 0.611. The Balaban J connectivity index is 1.29. The van der Waals surface area contributed by atoms with Gasteiger partial charge >= 0.3 is 0 Å². The second kappa shape index (κ2) is 4.57. The van der Waals surface area contributed by atoms with Gasteiger partial charge in [0.25, 0.3) is 0 Å². The summed E-state index contributed by atoms with van der Waals surface area (Å²) < 4.78 is 2.12. The first-order valence-corrected chi connectivity index (χ1v) is 8.54. The number of imidazole rings is 1. The molecular formula is C18H23N3. The Morgan fingerprint density at radius 3 is 3.05 bits per heavy atom. The number of nitrogens with one attached hydrogen (secondary N) is 1. The Morgan fingerprint density at radius 1 is 1.14 bits per heavy atom. The number of fused-ring (bicyclic) bond motifs is 6. The van der Waals surface area contributed by atoms with Gasteiger partial charge in [-0.25, -0.2) is 4.98 Å². The van der Waals surface area contributed by atoms with Gasteiger partial charge in [0.1, 0.15) is 5.65 Å². The third-order valence-electron chi connectivity index (χ3n) is 6.39. The number of aromatic nitrogens is 2. The van der Waals surface area contributed by atoms with Gasteiger partial charge in [-0.05, 0) is 61.5 Å². The van der Waals surface area contributed by atoms with Crippen molar-refractivity contribution in [3.8, 4) is 0 Å². The number of hydrogen-bond donors (Lipinski definition) is 1. The number of pyridine rings is 1. The lowest BCUT2D eigenvalue weighted by Crippen LogP contribution is -2.38. The molecule has 3 fully saturated rings. The van der Waals surface area contributed by atoms with Crippen molar-refractivity contribution in [2.75, 3.05) is 0 Å². The van der Waals surface area contributed by atoms with Gasteiger partial charge in [-0.2, -0.15) is 0 Å². The van der Waals surface area contributed by atoms with Crippen LogP contribution in [0, 0.1) is 23.7 Å². The quantitative estimate of drug-likeness (QED) is 0.936. The van der Waals surface area contributed by atoms with Crippen molar-refractivity contribution < 1.29 is 0 Å². The van der Waals surface area contributed by atoms with Crippen LogP contribution in [0.3, 0.4) is 0 Å². The van der Waals surface area contributed by atoms with Crippen molar-refractivity contribution in [2.24, 2.45) is 23.7 Å². The lowest BCUT2D eigenvalue weighted by molar-refractivity contribution is 0.207. The summed E-state index contributed by atoms with van der Waals surface area (Å²) >= 11 is 0. The van der Waals surface area contributed by atoms with Gasteiger partial charge in [0.2, 0.25) is 0 Å². The van der Waals surface area contributed by atoms with E-state index in [1.54, 1.807) is 0 Å². The topological polar surface area (TPSA) is 29.3 Å². The number of rotatable bonds is 3. The van der Waals surface area contributed by atoms with Gasteiger partial charge in [0.05, 0.1) is 5.69 Å². The van der Waals surface area contributed by atoms with Gasteiger partial charge in [-0.1, -0.05) is 12.5 Å². The minimum atomic E-state index is 0.749. The molecule has 3 nitrogen and oxygen atoms in total. The molecule has 3 heteroatoms. The van der Waals surface area contributed by atoms with E-state index in [-0.39, 0.29) is 0 Å². The number of hydrogen-bond acceptors (Lipinski definition) is 2. The third-order valence-corrected chi connectivity index (χ3v) is 6.39. The maximum Gasteiger partial charge on any atom is 0.137 e. The molecule has 0 aromatic carbocycles. The molecule has 5 unspecified atom stereocenters. The van der Waals surface area contributed by atoms with Crippen LogP contribution < -0.4 is 5.32 Å². The zero-order chi connectivity index (χ0) is 13.8. The Labute approximate surface area is 125 Å². The number of nitrogens with zero attached hydrogens (tertiary/aromatic N) is 2. The predicted octanol–water partition coefficient (Wildman–Crippen LogP) is 3.25. The van der Waals surface area contributed by atoms with E-state index in [9.17, 15) is 0 Å². The van der Waals surface area contributed by atoms with E-state index in [2.05, 4.69) is 40.3 Å². The molecule has 3 saturated carbocycles. The molecule has 21 heavy (non-hydrogen) atoms. The molecule has 0 spiro atoms. The monoisotopic (exact) mass is 281 g/mol. The zero-order valence-corrected chi connectivity index (χ0v) is 12.4. The molecule has 2 heterocycles. The predicted molar refractivity (Wildman–Crippen MR) is 82.9 cm³/mol. The Hall–Kier alpha value is -1.35. The molecule has 0 radical (unpaired) electrons. The summed E-state index contributed by atoms with van der Waals surface area (Å²) in [6, 6.07) is 6.93. The van der Waals surface area contributed by atoms with Crippen molar-refractivity contribution in [3.05, 3.63) is 36.3 Å². The molecule has 5 rings (SSSR count). The molecule has 5 atom stereocenters. The first-order valence-electron chi connectivity index (χ1n) is 8.54. The zero-order valence-electron chi connectivity index (χ0n) is 12.4. The third kappa shape index (κ3) is 1.87. The lowest BCUT2D eigenvalue weighted by Gasteiger charge is -2.32. The summed E-state index contributed by atoms with van der Waals surface area (Å²) in [5.41, 5.74) is 2.23. The Bertz CT molecular complexity index is 628. The molecule has 0 saturated heterocycles. The van der Waals surface area contributed by atoms with Crippen molar-refractivity contribution >= 4 is 5.65 Å². The molecule has 1 N–H and O–H groups in total. The van der Waals surface area contributed by atoms with E-state index in [0.29, 0.717) is 0 Å². The van der Waals surface area contributed by atoms with Crippen LogP contribution in [-0.4, -0.2) is 15.4 Å². The van der Waals surface area contributed by atoms with Crippen molar-refractivity contribution in [1.29, 1.82) is 0 Å². The van der Waals surface area contributed by atoms with Gasteiger partial charge in [0.15, 0.2) is 0 Å². The maximum atomic E-state index is 4.70. The largest absolute Gasteiger partial charge is 0.308 e. The van der Waals surface area contributed by atoms with Gasteiger partial charge in [-0.15, -0.1) is 0 Å². The highest BCUT2D eigenvalue weighted by atomic mass is 15.0. The van der Waals surface area contributed by atoms with Crippen LogP contribution in [0.25, 0.3) is 5.65 Å². The highest BCUT2D eigenvalue weighted by Crippen LogP contribution is 2.58. The first-order chi connectivity index (χ1) is 10.4. The van der Waals surface area contributed by atoms with Crippen molar-refractivity contribution in [3.63, 3.8) is 0 Å². The van der Waals surface area contributed by atoms with E-state index in [1.807, 2.05) is 0 Å². The SMILES string of the molecule is c1ccn2cc(CNC3CC4CC3C3CCCC43)nc2c1. The molecule has 3 aliphatic rings.